The Labute approximate surface area is 146 Å². The summed E-state index contributed by atoms with van der Waals surface area (Å²) in [6.07, 6.45) is 0.456. The normalized spacial score (nSPS) is 12.4. The van der Waals surface area contributed by atoms with Crippen LogP contribution >= 0.6 is 15.9 Å². The fourth-order valence-corrected chi connectivity index (χ4v) is 2.60. The smallest absolute Gasteiger partial charge is 0.407 e. The Hall–Kier alpha value is -1.56. The predicted octanol–water partition coefficient (Wildman–Crippen LogP) is 3.93. The quantitative estimate of drug-likeness (QED) is 0.730. The van der Waals surface area contributed by atoms with Gasteiger partial charge in [0.05, 0.1) is 6.04 Å². The van der Waals surface area contributed by atoms with Gasteiger partial charge >= 0.3 is 6.09 Å². The number of hydrogen-bond acceptors (Lipinski definition) is 3. The van der Waals surface area contributed by atoms with Crippen molar-refractivity contribution in [3.63, 3.8) is 0 Å². The van der Waals surface area contributed by atoms with Crippen LogP contribution in [0.25, 0.3) is 0 Å². The van der Waals surface area contributed by atoms with Gasteiger partial charge in [0, 0.05) is 17.4 Å². The topological polar surface area (TPSA) is 67.4 Å². The molecule has 2 N–H and O–H groups in total. The van der Waals surface area contributed by atoms with Crippen LogP contribution in [0, 0.1) is 0 Å². The number of amides is 2. The lowest BCUT2D eigenvalue weighted by atomic mass is 10.1. The van der Waals surface area contributed by atoms with Gasteiger partial charge < -0.3 is 15.4 Å². The van der Waals surface area contributed by atoms with Crippen LogP contribution < -0.4 is 10.6 Å². The molecule has 128 valence electrons. The number of rotatable bonds is 6. The molecule has 0 aliphatic heterocycles. The van der Waals surface area contributed by atoms with E-state index in [2.05, 4.69) is 26.6 Å². The number of carbonyl (C=O) groups is 2. The first-order valence-corrected chi connectivity index (χ1v) is 8.49. The minimum absolute atomic E-state index is 0.0424. The number of carbonyl (C=O) groups excluding carboxylic acids is 2. The standard InChI is InChI=1S/C17H25BrN2O3/c1-12(13-8-5-6-9-14(13)18)20-15(21)10-7-11-19-16(22)23-17(2,3)4/h5-6,8-9,12H,7,10-11H2,1-4H3,(H,19,22)(H,20,21). The molecule has 0 aromatic heterocycles. The monoisotopic (exact) mass is 384 g/mol. The number of ether oxygens (including phenoxy) is 1. The zero-order valence-electron chi connectivity index (χ0n) is 14.1. The predicted molar refractivity (Wildman–Crippen MR) is 94.2 cm³/mol. The average molecular weight is 385 g/mol. The van der Waals surface area contributed by atoms with Crippen molar-refractivity contribution in [2.45, 2.75) is 52.2 Å². The molecule has 0 spiro atoms. The molecule has 6 heteroatoms. The van der Waals surface area contributed by atoms with Crippen molar-refractivity contribution in [3.8, 4) is 0 Å². The molecule has 0 saturated heterocycles. The summed E-state index contributed by atoms with van der Waals surface area (Å²) in [6, 6.07) is 7.72. The van der Waals surface area contributed by atoms with E-state index in [0.29, 0.717) is 19.4 Å². The Morgan fingerprint density at radius 3 is 2.52 bits per heavy atom. The Morgan fingerprint density at radius 2 is 1.91 bits per heavy atom. The molecule has 0 heterocycles. The van der Waals surface area contributed by atoms with E-state index in [0.717, 1.165) is 10.0 Å². The molecule has 0 fully saturated rings. The Balaban J connectivity index is 2.27. The molecule has 0 saturated carbocycles. The Kier molecular flexibility index (Phi) is 7.55. The van der Waals surface area contributed by atoms with E-state index < -0.39 is 11.7 Å². The van der Waals surface area contributed by atoms with Gasteiger partial charge in [-0.15, -0.1) is 0 Å². The maximum atomic E-state index is 11.9. The molecule has 1 unspecified atom stereocenters. The second kappa shape index (κ2) is 8.91. The van der Waals surface area contributed by atoms with E-state index in [1.165, 1.54) is 0 Å². The fourth-order valence-electron chi connectivity index (χ4n) is 1.97. The summed E-state index contributed by atoms with van der Waals surface area (Å²) in [5.41, 5.74) is 0.521. The summed E-state index contributed by atoms with van der Waals surface area (Å²) in [5, 5.41) is 5.59. The fraction of sp³-hybridized carbons (Fsp3) is 0.529. The second-order valence-corrected chi connectivity index (χ2v) is 7.20. The largest absolute Gasteiger partial charge is 0.444 e. The van der Waals surface area contributed by atoms with Gasteiger partial charge in [0.25, 0.3) is 0 Å². The van der Waals surface area contributed by atoms with Gasteiger partial charge in [-0.1, -0.05) is 34.1 Å². The molecule has 0 radical (unpaired) electrons. The highest BCUT2D eigenvalue weighted by molar-refractivity contribution is 9.10. The van der Waals surface area contributed by atoms with Crippen LogP contribution in [0.4, 0.5) is 4.79 Å². The highest BCUT2D eigenvalue weighted by Crippen LogP contribution is 2.22. The minimum atomic E-state index is -0.514. The maximum absolute atomic E-state index is 11.9. The average Bonchev–Trinajstić information content (AvgIpc) is 2.42. The first kappa shape index (κ1) is 19.5. The van der Waals surface area contributed by atoms with Crippen molar-refractivity contribution in [2.24, 2.45) is 0 Å². The van der Waals surface area contributed by atoms with Gasteiger partial charge in [0.2, 0.25) is 5.91 Å². The van der Waals surface area contributed by atoms with Gasteiger partial charge in [-0.05, 0) is 45.7 Å². The van der Waals surface area contributed by atoms with Crippen molar-refractivity contribution >= 4 is 27.9 Å². The van der Waals surface area contributed by atoms with Crippen LogP contribution in [0.2, 0.25) is 0 Å². The Morgan fingerprint density at radius 1 is 1.26 bits per heavy atom. The number of benzene rings is 1. The van der Waals surface area contributed by atoms with Gasteiger partial charge in [0.1, 0.15) is 5.60 Å². The third-order valence-electron chi connectivity index (χ3n) is 3.00. The highest BCUT2D eigenvalue weighted by atomic mass is 79.9. The summed E-state index contributed by atoms with van der Waals surface area (Å²) in [7, 11) is 0. The maximum Gasteiger partial charge on any atom is 0.407 e. The lowest BCUT2D eigenvalue weighted by Gasteiger charge is -2.19. The molecule has 2 amide bonds. The van der Waals surface area contributed by atoms with Crippen LogP contribution in [-0.4, -0.2) is 24.1 Å². The first-order chi connectivity index (χ1) is 10.7. The van der Waals surface area contributed by atoms with E-state index in [1.54, 1.807) is 0 Å². The molecule has 23 heavy (non-hydrogen) atoms. The third-order valence-corrected chi connectivity index (χ3v) is 3.72. The van der Waals surface area contributed by atoms with E-state index in [1.807, 2.05) is 52.0 Å². The van der Waals surface area contributed by atoms with Crippen LogP contribution in [0.15, 0.2) is 28.7 Å². The summed E-state index contributed by atoms with van der Waals surface area (Å²) < 4.78 is 6.10. The second-order valence-electron chi connectivity index (χ2n) is 6.34. The molecular formula is C17H25BrN2O3. The number of nitrogens with one attached hydrogen (secondary N) is 2. The molecular weight excluding hydrogens is 360 g/mol. The molecule has 0 aliphatic rings. The van der Waals surface area contributed by atoms with Crippen LogP contribution in [0.5, 0.6) is 0 Å². The van der Waals surface area contributed by atoms with Gasteiger partial charge in [-0.3, -0.25) is 4.79 Å². The van der Waals surface area contributed by atoms with E-state index in [-0.39, 0.29) is 11.9 Å². The molecule has 0 aliphatic carbocycles. The lowest BCUT2D eigenvalue weighted by Crippen LogP contribution is -2.33. The molecule has 1 aromatic carbocycles. The highest BCUT2D eigenvalue weighted by Gasteiger charge is 2.16. The summed E-state index contributed by atoms with van der Waals surface area (Å²) in [5.74, 6) is -0.0424. The minimum Gasteiger partial charge on any atom is -0.444 e. The number of hydrogen-bond donors (Lipinski definition) is 2. The van der Waals surface area contributed by atoms with Crippen molar-refractivity contribution in [3.05, 3.63) is 34.3 Å². The van der Waals surface area contributed by atoms with E-state index in [9.17, 15) is 9.59 Å². The van der Waals surface area contributed by atoms with Crippen molar-refractivity contribution in [2.75, 3.05) is 6.54 Å². The molecule has 0 bridgehead atoms. The third kappa shape index (κ3) is 8.02. The van der Waals surface area contributed by atoms with Gasteiger partial charge in [-0.2, -0.15) is 0 Å². The zero-order chi connectivity index (χ0) is 17.5. The van der Waals surface area contributed by atoms with Crippen molar-refractivity contribution < 1.29 is 14.3 Å². The molecule has 1 aromatic rings. The summed E-state index contributed by atoms with van der Waals surface area (Å²) in [6.45, 7) is 7.78. The van der Waals surface area contributed by atoms with Crippen LogP contribution in [0.3, 0.4) is 0 Å². The van der Waals surface area contributed by atoms with Crippen molar-refractivity contribution in [1.29, 1.82) is 0 Å². The van der Waals surface area contributed by atoms with Gasteiger partial charge in [-0.25, -0.2) is 4.79 Å². The molecule has 1 atom stereocenters. The molecule has 5 nitrogen and oxygen atoms in total. The Bertz CT molecular complexity index is 541. The zero-order valence-corrected chi connectivity index (χ0v) is 15.7. The van der Waals surface area contributed by atoms with Crippen LogP contribution in [-0.2, 0) is 9.53 Å². The first-order valence-electron chi connectivity index (χ1n) is 7.69. The lowest BCUT2D eigenvalue weighted by molar-refractivity contribution is -0.121. The molecule has 1 rings (SSSR count). The van der Waals surface area contributed by atoms with Crippen LogP contribution in [0.1, 0.15) is 52.1 Å². The number of alkyl carbamates (subject to hydrolysis) is 1. The number of halogens is 1. The summed E-state index contributed by atoms with van der Waals surface area (Å²) >= 11 is 3.48. The van der Waals surface area contributed by atoms with E-state index in [4.69, 9.17) is 4.74 Å². The SMILES string of the molecule is CC(NC(=O)CCCNC(=O)OC(C)(C)C)c1ccccc1Br. The summed E-state index contributed by atoms with van der Waals surface area (Å²) in [4.78, 5) is 23.4. The van der Waals surface area contributed by atoms with E-state index >= 15 is 0 Å². The van der Waals surface area contributed by atoms with Gasteiger partial charge in [0.15, 0.2) is 0 Å². The van der Waals surface area contributed by atoms with Crippen molar-refractivity contribution in [1.82, 2.24) is 10.6 Å².